The van der Waals surface area contributed by atoms with Gasteiger partial charge >= 0.3 is 0 Å². The van der Waals surface area contributed by atoms with Crippen molar-refractivity contribution in [1.82, 2.24) is 5.32 Å². The van der Waals surface area contributed by atoms with E-state index in [0.717, 1.165) is 45.0 Å². The predicted molar refractivity (Wildman–Crippen MR) is 90.4 cm³/mol. The third-order valence-electron chi connectivity index (χ3n) is 3.90. The normalized spacial score (nSPS) is 16.7. The van der Waals surface area contributed by atoms with Crippen LogP contribution in [0.4, 0.5) is 5.69 Å². The van der Waals surface area contributed by atoms with Gasteiger partial charge in [-0.15, -0.1) is 0 Å². The molecule has 0 radical (unpaired) electrons. The van der Waals surface area contributed by atoms with Gasteiger partial charge in [0.05, 0.1) is 12.3 Å². The van der Waals surface area contributed by atoms with Gasteiger partial charge in [-0.2, -0.15) is 0 Å². The third-order valence-corrected chi connectivity index (χ3v) is 3.90. The number of rotatable bonds is 4. The Balaban J connectivity index is 2.09. The SMILES string of the molecule is Cc1ccc(OCCC(C)(C)C)c(N2CCCNCC2)c1. The predicted octanol–water partition coefficient (Wildman–Crippen LogP) is 3.61. The molecule has 0 amide bonds. The van der Waals surface area contributed by atoms with Crippen LogP contribution in [0.2, 0.25) is 0 Å². The van der Waals surface area contributed by atoms with E-state index in [1.54, 1.807) is 0 Å². The van der Waals surface area contributed by atoms with E-state index < -0.39 is 0 Å². The highest BCUT2D eigenvalue weighted by Crippen LogP contribution is 2.31. The van der Waals surface area contributed by atoms with Crippen molar-refractivity contribution in [3.8, 4) is 5.75 Å². The van der Waals surface area contributed by atoms with E-state index >= 15 is 0 Å². The molecule has 118 valence electrons. The number of hydrogen-bond acceptors (Lipinski definition) is 3. The second-order valence-corrected chi connectivity index (χ2v) is 7.22. The zero-order chi connectivity index (χ0) is 15.3. The summed E-state index contributed by atoms with van der Waals surface area (Å²) in [6.07, 6.45) is 2.26. The average Bonchev–Trinajstić information content (AvgIpc) is 2.68. The highest BCUT2D eigenvalue weighted by Gasteiger charge is 2.16. The molecule has 3 heteroatoms. The molecule has 1 fully saturated rings. The largest absolute Gasteiger partial charge is 0.491 e. The van der Waals surface area contributed by atoms with Crippen LogP contribution in [-0.4, -0.2) is 32.8 Å². The maximum absolute atomic E-state index is 6.10. The lowest BCUT2D eigenvalue weighted by molar-refractivity contribution is 0.243. The van der Waals surface area contributed by atoms with Crippen LogP contribution in [0.3, 0.4) is 0 Å². The van der Waals surface area contributed by atoms with Crippen molar-refractivity contribution < 1.29 is 4.74 Å². The third kappa shape index (κ3) is 5.24. The summed E-state index contributed by atoms with van der Waals surface area (Å²) in [5.74, 6) is 1.03. The maximum atomic E-state index is 6.10. The smallest absolute Gasteiger partial charge is 0.142 e. The van der Waals surface area contributed by atoms with Gasteiger partial charge in [0.1, 0.15) is 5.75 Å². The van der Waals surface area contributed by atoms with Gasteiger partial charge in [0.2, 0.25) is 0 Å². The molecule has 2 rings (SSSR count). The second kappa shape index (κ2) is 7.17. The zero-order valence-corrected chi connectivity index (χ0v) is 14.0. The van der Waals surface area contributed by atoms with E-state index in [-0.39, 0.29) is 0 Å². The summed E-state index contributed by atoms with van der Waals surface area (Å²) < 4.78 is 6.10. The summed E-state index contributed by atoms with van der Waals surface area (Å²) in [7, 11) is 0. The topological polar surface area (TPSA) is 24.5 Å². The first-order valence-corrected chi connectivity index (χ1v) is 8.15. The minimum Gasteiger partial charge on any atom is -0.491 e. The summed E-state index contributed by atoms with van der Waals surface area (Å²) in [6, 6.07) is 6.54. The number of hydrogen-bond donors (Lipinski definition) is 1. The Kier molecular flexibility index (Phi) is 5.51. The van der Waals surface area contributed by atoms with Crippen molar-refractivity contribution >= 4 is 5.69 Å². The molecule has 1 aliphatic rings. The molecule has 1 saturated heterocycles. The lowest BCUT2D eigenvalue weighted by atomic mass is 9.93. The first-order valence-electron chi connectivity index (χ1n) is 8.15. The van der Waals surface area contributed by atoms with Crippen molar-refractivity contribution in [1.29, 1.82) is 0 Å². The monoisotopic (exact) mass is 290 g/mol. The number of aryl methyl sites for hydroxylation is 1. The molecule has 0 spiro atoms. The van der Waals surface area contributed by atoms with Gasteiger partial charge in [0.15, 0.2) is 0 Å². The second-order valence-electron chi connectivity index (χ2n) is 7.22. The summed E-state index contributed by atoms with van der Waals surface area (Å²) in [4.78, 5) is 2.46. The molecule has 0 aromatic heterocycles. The Labute approximate surface area is 129 Å². The lowest BCUT2D eigenvalue weighted by Crippen LogP contribution is -2.28. The van der Waals surface area contributed by atoms with E-state index in [1.165, 1.54) is 17.7 Å². The van der Waals surface area contributed by atoms with Gasteiger partial charge < -0.3 is 15.0 Å². The van der Waals surface area contributed by atoms with E-state index in [2.05, 4.69) is 56.1 Å². The number of anilines is 1. The molecular formula is C18H30N2O. The van der Waals surface area contributed by atoms with E-state index in [1.807, 2.05) is 0 Å². The van der Waals surface area contributed by atoms with Crippen molar-refractivity contribution in [3.05, 3.63) is 23.8 Å². The van der Waals surface area contributed by atoms with E-state index in [9.17, 15) is 0 Å². The number of benzene rings is 1. The fraction of sp³-hybridized carbons (Fsp3) is 0.667. The summed E-state index contributed by atoms with van der Waals surface area (Å²) in [5, 5.41) is 3.46. The molecule has 0 unspecified atom stereocenters. The van der Waals surface area contributed by atoms with Gasteiger partial charge in [-0.3, -0.25) is 0 Å². The van der Waals surface area contributed by atoms with E-state index in [4.69, 9.17) is 4.74 Å². The Bertz CT molecular complexity index is 443. The molecule has 21 heavy (non-hydrogen) atoms. The first-order chi connectivity index (χ1) is 9.96. The van der Waals surface area contributed by atoms with Gasteiger partial charge in [0, 0.05) is 19.6 Å². The molecule has 1 aliphatic heterocycles. The molecule has 0 bridgehead atoms. The Hall–Kier alpha value is -1.22. The fourth-order valence-corrected chi connectivity index (χ4v) is 2.55. The minimum absolute atomic E-state index is 0.317. The molecule has 0 aliphatic carbocycles. The molecule has 1 N–H and O–H groups in total. The van der Waals surface area contributed by atoms with Gasteiger partial charge in [-0.1, -0.05) is 26.8 Å². The van der Waals surface area contributed by atoms with Crippen LogP contribution in [0, 0.1) is 12.3 Å². The van der Waals surface area contributed by atoms with Crippen LogP contribution in [0.1, 0.15) is 39.2 Å². The molecular weight excluding hydrogens is 260 g/mol. The molecule has 3 nitrogen and oxygen atoms in total. The molecule has 1 heterocycles. The fourth-order valence-electron chi connectivity index (χ4n) is 2.55. The van der Waals surface area contributed by atoms with Crippen molar-refractivity contribution in [2.75, 3.05) is 37.7 Å². The van der Waals surface area contributed by atoms with E-state index in [0.29, 0.717) is 5.41 Å². The van der Waals surface area contributed by atoms with Crippen LogP contribution >= 0.6 is 0 Å². The van der Waals surface area contributed by atoms with Crippen molar-refractivity contribution in [2.45, 2.75) is 40.5 Å². The van der Waals surface area contributed by atoms with Crippen LogP contribution in [0.5, 0.6) is 5.75 Å². The molecule has 1 aromatic carbocycles. The summed E-state index contributed by atoms with van der Waals surface area (Å²) >= 11 is 0. The van der Waals surface area contributed by atoms with Crippen molar-refractivity contribution in [2.24, 2.45) is 5.41 Å². The molecule has 1 aromatic rings. The van der Waals surface area contributed by atoms with Crippen molar-refractivity contribution in [3.63, 3.8) is 0 Å². The van der Waals surface area contributed by atoms with Crippen LogP contribution in [0.15, 0.2) is 18.2 Å². The minimum atomic E-state index is 0.317. The highest BCUT2D eigenvalue weighted by atomic mass is 16.5. The van der Waals surface area contributed by atoms with Crippen LogP contribution in [0.25, 0.3) is 0 Å². The number of nitrogens with one attached hydrogen (secondary N) is 1. The number of nitrogens with zero attached hydrogens (tertiary/aromatic N) is 1. The summed E-state index contributed by atoms with van der Waals surface area (Å²) in [6.45, 7) is 14.0. The first kappa shape index (κ1) is 16.2. The average molecular weight is 290 g/mol. The highest BCUT2D eigenvalue weighted by molar-refractivity contribution is 5.60. The van der Waals surface area contributed by atoms with Gasteiger partial charge in [-0.25, -0.2) is 0 Å². The van der Waals surface area contributed by atoms with Gasteiger partial charge in [0.25, 0.3) is 0 Å². The van der Waals surface area contributed by atoms with Crippen LogP contribution < -0.4 is 15.0 Å². The lowest BCUT2D eigenvalue weighted by Gasteiger charge is -2.26. The quantitative estimate of drug-likeness (QED) is 0.917. The molecule has 0 atom stereocenters. The molecule has 0 saturated carbocycles. The summed E-state index contributed by atoms with van der Waals surface area (Å²) in [5.41, 5.74) is 2.87. The van der Waals surface area contributed by atoms with Crippen LogP contribution in [-0.2, 0) is 0 Å². The number of ether oxygens (including phenoxy) is 1. The maximum Gasteiger partial charge on any atom is 0.142 e. The van der Waals surface area contributed by atoms with Gasteiger partial charge in [-0.05, 0) is 49.4 Å². The Morgan fingerprint density at radius 1 is 1.19 bits per heavy atom. The Morgan fingerprint density at radius 3 is 2.76 bits per heavy atom. The zero-order valence-electron chi connectivity index (χ0n) is 14.0. The Morgan fingerprint density at radius 2 is 2.00 bits per heavy atom. The standard InChI is InChI=1S/C18H30N2O/c1-15-6-7-17(21-13-8-18(2,3)4)16(14-15)20-11-5-9-19-10-12-20/h6-7,14,19H,5,8-13H2,1-4H3.